The van der Waals surface area contributed by atoms with Crippen molar-refractivity contribution in [2.24, 2.45) is 10.9 Å². The molecular formula is C22H19N7. The van der Waals surface area contributed by atoms with Crippen LogP contribution in [0, 0.1) is 5.92 Å². The minimum absolute atomic E-state index is 0.714. The van der Waals surface area contributed by atoms with Crippen LogP contribution in [-0.4, -0.2) is 36.5 Å². The fraction of sp³-hybridized carbons (Fsp3) is 0.182. The van der Waals surface area contributed by atoms with Crippen LogP contribution in [0.4, 0.5) is 5.95 Å². The topological polar surface area (TPSA) is 72.4 Å². The van der Waals surface area contributed by atoms with E-state index in [4.69, 9.17) is 4.98 Å². The van der Waals surface area contributed by atoms with Crippen molar-refractivity contribution < 1.29 is 0 Å². The second-order valence-corrected chi connectivity index (χ2v) is 7.44. The molecule has 2 aliphatic rings. The highest BCUT2D eigenvalue weighted by Crippen LogP contribution is 2.37. The first-order chi connectivity index (χ1) is 14.3. The number of nitrogens with one attached hydrogen (secondary N) is 1. The third-order valence-corrected chi connectivity index (χ3v) is 5.40. The van der Waals surface area contributed by atoms with Gasteiger partial charge in [0.25, 0.3) is 0 Å². The van der Waals surface area contributed by atoms with Gasteiger partial charge in [-0.15, -0.1) is 0 Å². The van der Waals surface area contributed by atoms with Gasteiger partial charge in [0, 0.05) is 36.4 Å². The number of fused-ring (bicyclic) bond motifs is 1. The van der Waals surface area contributed by atoms with Crippen molar-refractivity contribution in [2.75, 3.05) is 11.9 Å². The number of anilines is 1. The van der Waals surface area contributed by atoms with E-state index >= 15 is 0 Å². The fourth-order valence-corrected chi connectivity index (χ4v) is 3.72. The molecule has 4 heterocycles. The molecule has 3 aromatic heterocycles. The van der Waals surface area contributed by atoms with Crippen molar-refractivity contribution in [1.29, 1.82) is 0 Å². The molecule has 142 valence electrons. The molecule has 1 fully saturated rings. The molecule has 7 heteroatoms. The van der Waals surface area contributed by atoms with Gasteiger partial charge in [0.15, 0.2) is 0 Å². The molecule has 1 saturated carbocycles. The summed E-state index contributed by atoms with van der Waals surface area (Å²) in [6.07, 6.45) is 12.2. The van der Waals surface area contributed by atoms with Gasteiger partial charge in [0.2, 0.25) is 5.95 Å². The summed E-state index contributed by atoms with van der Waals surface area (Å²) in [4.78, 5) is 14.0. The van der Waals surface area contributed by atoms with E-state index in [1.807, 2.05) is 45.7 Å². The van der Waals surface area contributed by atoms with Crippen LogP contribution >= 0.6 is 0 Å². The minimum atomic E-state index is 0.714. The van der Waals surface area contributed by atoms with E-state index < -0.39 is 0 Å². The van der Waals surface area contributed by atoms with Crippen molar-refractivity contribution in [3.05, 3.63) is 72.8 Å². The second kappa shape index (κ2) is 6.41. The zero-order chi connectivity index (χ0) is 19.2. The molecule has 0 bridgehead atoms. The van der Waals surface area contributed by atoms with Gasteiger partial charge in [-0.3, -0.25) is 9.39 Å². The lowest BCUT2D eigenvalue weighted by Gasteiger charge is -2.10. The van der Waals surface area contributed by atoms with E-state index in [0.29, 0.717) is 5.95 Å². The van der Waals surface area contributed by atoms with Crippen molar-refractivity contribution >= 4 is 17.4 Å². The summed E-state index contributed by atoms with van der Waals surface area (Å²) < 4.78 is 3.79. The number of nitrogens with zero attached hydrogens (tertiary/aromatic N) is 6. The first-order valence-corrected chi connectivity index (χ1v) is 9.80. The Balaban J connectivity index is 1.39. The van der Waals surface area contributed by atoms with E-state index in [9.17, 15) is 0 Å². The third kappa shape index (κ3) is 3.00. The van der Waals surface area contributed by atoms with Gasteiger partial charge in [0.1, 0.15) is 11.5 Å². The van der Waals surface area contributed by atoms with Crippen LogP contribution < -0.4 is 5.32 Å². The van der Waals surface area contributed by atoms with Gasteiger partial charge >= 0.3 is 0 Å². The standard InChI is InChI=1S/C22H19N7/c1-3-16(11-18(4-1)29-9-2-7-25-29)19-13-21-23-8-10-28(21)22(26-19)27-20-12-17(14-24-20)15-5-6-15/h1-4,7-13,15H,5-6,14H2,(H,24,26,27). The molecule has 1 aliphatic heterocycles. The Hall–Kier alpha value is -3.74. The summed E-state index contributed by atoms with van der Waals surface area (Å²) in [6, 6.07) is 12.1. The molecule has 1 aliphatic carbocycles. The Morgan fingerprint density at radius 2 is 2.00 bits per heavy atom. The number of hydrogen-bond donors (Lipinski definition) is 1. The minimum Gasteiger partial charge on any atom is -0.310 e. The van der Waals surface area contributed by atoms with E-state index in [-0.39, 0.29) is 0 Å². The van der Waals surface area contributed by atoms with Crippen molar-refractivity contribution in [3.8, 4) is 16.9 Å². The summed E-state index contributed by atoms with van der Waals surface area (Å²) in [5.41, 5.74) is 5.12. The molecule has 6 rings (SSSR count). The monoisotopic (exact) mass is 381 g/mol. The van der Waals surface area contributed by atoms with Gasteiger partial charge in [-0.2, -0.15) is 5.10 Å². The normalized spacial score (nSPS) is 16.1. The van der Waals surface area contributed by atoms with Crippen LogP contribution in [0.2, 0.25) is 0 Å². The molecule has 1 N–H and O–H groups in total. The van der Waals surface area contributed by atoms with Crippen LogP contribution in [-0.2, 0) is 0 Å². The molecular weight excluding hydrogens is 362 g/mol. The van der Waals surface area contributed by atoms with Crippen LogP contribution in [0.25, 0.3) is 22.6 Å². The molecule has 0 saturated heterocycles. The molecule has 29 heavy (non-hydrogen) atoms. The fourth-order valence-electron chi connectivity index (χ4n) is 3.72. The Morgan fingerprint density at radius 3 is 2.86 bits per heavy atom. The summed E-state index contributed by atoms with van der Waals surface area (Å²) in [5, 5.41) is 7.72. The molecule has 0 atom stereocenters. The van der Waals surface area contributed by atoms with E-state index in [2.05, 4.69) is 38.6 Å². The van der Waals surface area contributed by atoms with Crippen LogP contribution in [0.3, 0.4) is 0 Å². The Labute approximate surface area is 167 Å². The number of amidine groups is 1. The third-order valence-electron chi connectivity index (χ3n) is 5.40. The lowest BCUT2D eigenvalue weighted by atomic mass is 10.1. The number of aromatic nitrogens is 5. The average molecular weight is 381 g/mol. The lowest BCUT2D eigenvalue weighted by molar-refractivity contribution is 0.881. The first kappa shape index (κ1) is 16.2. The summed E-state index contributed by atoms with van der Waals surface area (Å²) in [6.45, 7) is 0.797. The summed E-state index contributed by atoms with van der Waals surface area (Å²) >= 11 is 0. The van der Waals surface area contributed by atoms with E-state index in [1.165, 1.54) is 18.4 Å². The number of rotatable bonds is 4. The Kier molecular flexibility index (Phi) is 3.59. The zero-order valence-corrected chi connectivity index (χ0v) is 15.7. The predicted octanol–water partition coefficient (Wildman–Crippen LogP) is 3.74. The van der Waals surface area contributed by atoms with E-state index in [0.717, 1.165) is 40.9 Å². The largest absolute Gasteiger partial charge is 0.310 e. The Bertz CT molecular complexity index is 1260. The molecule has 1 aromatic carbocycles. The second-order valence-electron chi connectivity index (χ2n) is 7.44. The maximum Gasteiger partial charge on any atom is 0.214 e. The highest BCUT2D eigenvalue weighted by molar-refractivity contribution is 6.05. The molecule has 7 nitrogen and oxygen atoms in total. The number of aliphatic imine (C=N–C) groups is 1. The van der Waals surface area contributed by atoms with Gasteiger partial charge < -0.3 is 5.32 Å². The molecule has 4 aromatic rings. The van der Waals surface area contributed by atoms with Gasteiger partial charge in [-0.05, 0) is 48.6 Å². The maximum atomic E-state index is 4.89. The average Bonchev–Trinajstić information content (AvgIpc) is 3.17. The van der Waals surface area contributed by atoms with E-state index in [1.54, 1.807) is 12.4 Å². The number of imidazole rings is 1. The molecule has 0 radical (unpaired) electrons. The number of hydrogen-bond acceptors (Lipinski definition) is 5. The SMILES string of the molecule is C1=C(C2CC2)CN=C1Nc1nc(-c2cccc(-n3cccn3)c2)cc2nccn12. The van der Waals surface area contributed by atoms with Crippen molar-refractivity contribution in [3.63, 3.8) is 0 Å². The van der Waals surface area contributed by atoms with Gasteiger partial charge in [-0.25, -0.2) is 14.6 Å². The smallest absolute Gasteiger partial charge is 0.214 e. The highest BCUT2D eigenvalue weighted by Gasteiger charge is 2.28. The number of benzene rings is 1. The van der Waals surface area contributed by atoms with Crippen LogP contribution in [0.15, 0.2) is 77.8 Å². The summed E-state index contributed by atoms with van der Waals surface area (Å²) in [5.74, 6) is 2.32. The summed E-state index contributed by atoms with van der Waals surface area (Å²) in [7, 11) is 0. The Morgan fingerprint density at radius 1 is 1.03 bits per heavy atom. The maximum absolute atomic E-state index is 4.89. The first-order valence-electron chi connectivity index (χ1n) is 9.80. The van der Waals surface area contributed by atoms with Crippen molar-refractivity contribution in [1.82, 2.24) is 24.1 Å². The lowest BCUT2D eigenvalue weighted by Crippen LogP contribution is -2.12. The quantitative estimate of drug-likeness (QED) is 0.584. The van der Waals surface area contributed by atoms with Crippen LogP contribution in [0.5, 0.6) is 0 Å². The van der Waals surface area contributed by atoms with Crippen LogP contribution in [0.1, 0.15) is 12.8 Å². The van der Waals surface area contributed by atoms with Gasteiger partial charge in [0.05, 0.1) is 17.9 Å². The predicted molar refractivity (Wildman–Crippen MR) is 112 cm³/mol. The molecule has 0 amide bonds. The highest BCUT2D eigenvalue weighted by atomic mass is 15.3. The molecule has 0 spiro atoms. The van der Waals surface area contributed by atoms with Crippen molar-refractivity contribution in [2.45, 2.75) is 12.8 Å². The molecule has 0 unspecified atom stereocenters. The zero-order valence-electron chi connectivity index (χ0n) is 15.7. The van der Waals surface area contributed by atoms with Gasteiger partial charge in [-0.1, -0.05) is 12.1 Å².